The molecule has 0 aliphatic carbocycles. The van der Waals surface area contributed by atoms with E-state index in [1.54, 1.807) is 0 Å². The van der Waals surface area contributed by atoms with Crippen molar-refractivity contribution < 1.29 is 44.2 Å². The van der Waals surface area contributed by atoms with Crippen LogP contribution >= 0.6 is 0 Å². The lowest BCUT2D eigenvalue weighted by Crippen LogP contribution is -2.59. The molecule has 0 aromatic carbocycles. The summed E-state index contributed by atoms with van der Waals surface area (Å²) in [6, 6.07) is 0. The molecule has 0 spiro atoms. The largest absolute Gasteiger partial charge is 0.457 e. The molecule has 1 aliphatic rings. The maximum atomic E-state index is 12.8. The minimum absolute atomic E-state index is 0.125. The molecule has 344 valence electrons. The molecule has 1 fully saturated rings. The first-order valence-corrected chi connectivity index (χ1v) is 23.7. The Morgan fingerprint density at radius 1 is 0.550 bits per heavy atom. The van der Waals surface area contributed by atoms with Crippen molar-refractivity contribution in [2.75, 3.05) is 26.4 Å². The number of carbonyl (C=O) groups is 1. The molecular formula is C51H86O9. The van der Waals surface area contributed by atoms with Crippen LogP contribution in [0.25, 0.3) is 0 Å². The highest BCUT2D eigenvalue weighted by atomic mass is 16.7. The molecule has 60 heavy (non-hydrogen) atoms. The summed E-state index contributed by atoms with van der Waals surface area (Å²) in [7, 11) is 0. The second kappa shape index (κ2) is 41.7. The van der Waals surface area contributed by atoms with Crippen LogP contribution in [0, 0.1) is 0 Å². The van der Waals surface area contributed by atoms with E-state index in [4.69, 9.17) is 18.9 Å². The van der Waals surface area contributed by atoms with E-state index in [2.05, 4.69) is 98.9 Å². The number of rotatable bonds is 39. The van der Waals surface area contributed by atoms with Crippen LogP contribution in [0.3, 0.4) is 0 Å². The lowest BCUT2D eigenvalue weighted by atomic mass is 9.99. The molecule has 0 aromatic heterocycles. The molecule has 6 atom stereocenters. The van der Waals surface area contributed by atoms with Gasteiger partial charge in [-0.3, -0.25) is 4.79 Å². The molecule has 1 rings (SSSR count). The molecule has 0 bridgehead atoms. The first kappa shape index (κ1) is 55.4. The van der Waals surface area contributed by atoms with Crippen molar-refractivity contribution in [1.82, 2.24) is 0 Å². The molecule has 1 aliphatic heterocycles. The summed E-state index contributed by atoms with van der Waals surface area (Å²) in [6.07, 6.45) is 48.9. The van der Waals surface area contributed by atoms with E-state index in [0.717, 1.165) is 96.3 Å². The van der Waals surface area contributed by atoms with Crippen LogP contribution in [0.15, 0.2) is 85.1 Å². The highest BCUT2D eigenvalue weighted by Gasteiger charge is 2.44. The third kappa shape index (κ3) is 32.1. The van der Waals surface area contributed by atoms with Crippen molar-refractivity contribution in [3.63, 3.8) is 0 Å². The van der Waals surface area contributed by atoms with Gasteiger partial charge in [-0.1, -0.05) is 157 Å². The van der Waals surface area contributed by atoms with Gasteiger partial charge in [0.1, 0.15) is 30.5 Å². The molecular weight excluding hydrogens is 757 g/mol. The van der Waals surface area contributed by atoms with E-state index in [0.29, 0.717) is 6.61 Å². The molecule has 4 N–H and O–H groups in total. The number of ether oxygens (including phenoxy) is 4. The number of esters is 1. The van der Waals surface area contributed by atoms with Crippen LogP contribution in [0.2, 0.25) is 0 Å². The molecule has 1 heterocycles. The predicted molar refractivity (Wildman–Crippen MR) is 247 cm³/mol. The first-order chi connectivity index (χ1) is 29.4. The molecule has 0 aromatic rings. The Hall–Kier alpha value is -2.63. The van der Waals surface area contributed by atoms with E-state index in [1.807, 2.05) is 0 Å². The van der Waals surface area contributed by atoms with E-state index in [-0.39, 0.29) is 25.6 Å². The molecule has 0 amide bonds. The minimum Gasteiger partial charge on any atom is -0.457 e. The van der Waals surface area contributed by atoms with Gasteiger partial charge in [0, 0.05) is 13.0 Å². The van der Waals surface area contributed by atoms with Gasteiger partial charge in [-0.05, 0) is 89.9 Å². The zero-order valence-corrected chi connectivity index (χ0v) is 37.7. The molecule has 1 saturated heterocycles. The number of allylic oxidation sites excluding steroid dienone is 14. The van der Waals surface area contributed by atoms with Crippen LogP contribution < -0.4 is 0 Å². The quantitative estimate of drug-likeness (QED) is 0.0271. The van der Waals surface area contributed by atoms with Crippen LogP contribution in [0.1, 0.15) is 168 Å². The Morgan fingerprint density at radius 2 is 1.02 bits per heavy atom. The molecule has 9 nitrogen and oxygen atoms in total. The Labute approximate surface area is 365 Å². The van der Waals surface area contributed by atoms with Crippen molar-refractivity contribution in [3.8, 4) is 0 Å². The summed E-state index contributed by atoms with van der Waals surface area (Å²) >= 11 is 0. The van der Waals surface area contributed by atoms with Gasteiger partial charge in [0.25, 0.3) is 0 Å². The van der Waals surface area contributed by atoms with Gasteiger partial charge in [0.15, 0.2) is 6.29 Å². The van der Waals surface area contributed by atoms with Crippen molar-refractivity contribution in [3.05, 3.63) is 85.1 Å². The molecule has 0 radical (unpaired) electrons. The predicted octanol–water partition coefficient (Wildman–Crippen LogP) is 11.0. The lowest BCUT2D eigenvalue weighted by molar-refractivity contribution is -0.305. The summed E-state index contributed by atoms with van der Waals surface area (Å²) in [5.74, 6) is -0.343. The number of aliphatic hydroxyl groups is 4. The number of hydrogen-bond donors (Lipinski definition) is 4. The zero-order chi connectivity index (χ0) is 43.6. The maximum Gasteiger partial charge on any atom is 0.306 e. The molecule has 0 saturated carbocycles. The van der Waals surface area contributed by atoms with Crippen LogP contribution in [-0.4, -0.2) is 89.6 Å². The van der Waals surface area contributed by atoms with E-state index in [1.165, 1.54) is 51.4 Å². The Kier molecular flexibility index (Phi) is 38.5. The SMILES string of the molecule is CC/C=C\C/C=C\C/C=C\C/C=C\C/C=C\C/C=C\CCCCCCC(=O)OC(COCCCCCCCC/C=C\CCCCCC)COC1OC(CO)C(O)C(O)C1O. The van der Waals surface area contributed by atoms with E-state index < -0.39 is 43.4 Å². The highest BCUT2D eigenvalue weighted by molar-refractivity contribution is 5.69. The van der Waals surface area contributed by atoms with Gasteiger partial charge in [-0.25, -0.2) is 0 Å². The number of hydrogen-bond acceptors (Lipinski definition) is 9. The van der Waals surface area contributed by atoms with Crippen molar-refractivity contribution >= 4 is 5.97 Å². The number of aliphatic hydroxyl groups excluding tert-OH is 4. The fourth-order valence-corrected chi connectivity index (χ4v) is 6.61. The standard InChI is InChI=1S/C51H86O9/c1-3-5-7-9-11-13-15-17-19-20-21-22-23-24-25-26-27-28-30-32-34-36-38-40-47(53)59-45(44-58-51-50(56)49(55)48(54)46(42-52)60-51)43-57-41-39-37-35-33-31-29-18-16-14-12-10-8-6-4-2/h5,7,11,13-14,16-17,19,21-22,24-25,27-28,45-46,48-52,54-56H,3-4,6,8-10,12,15,18,20,23,26,29-44H2,1-2H3/b7-5-,13-11-,16-14-,19-17-,22-21-,25-24-,28-27-. The first-order valence-electron chi connectivity index (χ1n) is 23.7. The normalized spacial score (nSPS) is 20.8. The monoisotopic (exact) mass is 843 g/mol. The van der Waals surface area contributed by atoms with Gasteiger partial charge in [-0.2, -0.15) is 0 Å². The Balaban J connectivity index is 2.28. The lowest BCUT2D eigenvalue weighted by Gasteiger charge is -2.39. The van der Waals surface area contributed by atoms with Crippen LogP contribution in [-0.2, 0) is 23.7 Å². The zero-order valence-electron chi connectivity index (χ0n) is 37.7. The van der Waals surface area contributed by atoms with Gasteiger partial charge >= 0.3 is 5.97 Å². The Bertz CT molecular complexity index is 1190. The number of carbonyl (C=O) groups excluding carboxylic acids is 1. The molecule has 9 heteroatoms. The third-order valence-electron chi connectivity index (χ3n) is 10.3. The highest BCUT2D eigenvalue weighted by Crippen LogP contribution is 2.22. The fourth-order valence-electron chi connectivity index (χ4n) is 6.61. The van der Waals surface area contributed by atoms with Gasteiger partial charge in [-0.15, -0.1) is 0 Å². The van der Waals surface area contributed by atoms with Gasteiger partial charge in [0.2, 0.25) is 0 Å². The van der Waals surface area contributed by atoms with E-state index in [9.17, 15) is 25.2 Å². The third-order valence-corrected chi connectivity index (χ3v) is 10.3. The summed E-state index contributed by atoms with van der Waals surface area (Å²) in [4.78, 5) is 12.8. The molecule has 6 unspecified atom stereocenters. The van der Waals surface area contributed by atoms with Gasteiger partial charge < -0.3 is 39.4 Å². The van der Waals surface area contributed by atoms with Crippen LogP contribution in [0.4, 0.5) is 0 Å². The maximum absolute atomic E-state index is 12.8. The average Bonchev–Trinajstić information content (AvgIpc) is 3.25. The smallest absolute Gasteiger partial charge is 0.306 e. The van der Waals surface area contributed by atoms with Gasteiger partial charge in [0.05, 0.1) is 19.8 Å². The minimum atomic E-state index is -1.55. The van der Waals surface area contributed by atoms with Crippen molar-refractivity contribution in [2.45, 2.75) is 205 Å². The second-order valence-electron chi connectivity index (χ2n) is 15.8. The Morgan fingerprint density at radius 3 is 1.55 bits per heavy atom. The van der Waals surface area contributed by atoms with Crippen molar-refractivity contribution in [2.24, 2.45) is 0 Å². The number of unbranched alkanes of at least 4 members (excludes halogenated alkanes) is 14. The van der Waals surface area contributed by atoms with Crippen LogP contribution in [0.5, 0.6) is 0 Å². The topological polar surface area (TPSA) is 135 Å². The van der Waals surface area contributed by atoms with Crippen molar-refractivity contribution in [1.29, 1.82) is 0 Å². The second-order valence-corrected chi connectivity index (χ2v) is 15.8. The summed E-state index contributed by atoms with van der Waals surface area (Å²) in [5.41, 5.74) is 0. The average molecular weight is 843 g/mol. The summed E-state index contributed by atoms with van der Waals surface area (Å²) in [6.45, 7) is 4.37. The van der Waals surface area contributed by atoms with E-state index >= 15 is 0 Å². The summed E-state index contributed by atoms with van der Waals surface area (Å²) < 4.78 is 22.8. The fraction of sp³-hybridized carbons (Fsp3) is 0.706. The summed E-state index contributed by atoms with van der Waals surface area (Å²) in [5, 5.41) is 40.1.